The molecule has 0 amide bonds. The Labute approximate surface area is 104 Å². The van der Waals surface area contributed by atoms with Crippen molar-refractivity contribution in [3.63, 3.8) is 0 Å². The number of methoxy groups -OCH3 is 1. The molecule has 0 aromatic heterocycles. The Bertz CT molecular complexity index is 339. The largest absolute Gasteiger partial charge is 0.377 e. The van der Waals surface area contributed by atoms with E-state index in [9.17, 15) is 0 Å². The molecule has 2 heteroatoms. The van der Waals surface area contributed by atoms with Crippen molar-refractivity contribution in [1.82, 2.24) is 5.32 Å². The van der Waals surface area contributed by atoms with Crippen LogP contribution in [0.25, 0.3) is 0 Å². The van der Waals surface area contributed by atoms with Gasteiger partial charge in [-0.05, 0) is 37.6 Å². The predicted molar refractivity (Wildman–Crippen MR) is 69.8 cm³/mol. The highest BCUT2D eigenvalue weighted by Gasteiger charge is 2.39. The fraction of sp³-hybridized carbons (Fsp3) is 0.733. The minimum absolute atomic E-state index is 0.336. The summed E-state index contributed by atoms with van der Waals surface area (Å²) >= 11 is 0. The standard InChI is InChI=1S/C15H23NO/c1-10-3-6-15(16-9-10)14-7-11-4-5-12(17-2)8-13(11)14/h4-5,7,10-13,15-16H,3,6,8-9H2,1-2H3/t10?,11-,12?,13?,15?/m0/s1. The van der Waals surface area contributed by atoms with Gasteiger partial charge < -0.3 is 10.1 Å². The summed E-state index contributed by atoms with van der Waals surface area (Å²) in [6.45, 7) is 3.52. The Morgan fingerprint density at radius 3 is 2.88 bits per heavy atom. The third-order valence-electron chi connectivity index (χ3n) is 4.68. The Morgan fingerprint density at radius 1 is 1.29 bits per heavy atom. The van der Waals surface area contributed by atoms with Crippen molar-refractivity contribution in [2.45, 2.75) is 38.3 Å². The molecule has 94 valence electrons. The van der Waals surface area contributed by atoms with Crippen molar-refractivity contribution in [2.75, 3.05) is 13.7 Å². The lowest BCUT2D eigenvalue weighted by molar-refractivity contribution is 0.103. The quantitative estimate of drug-likeness (QED) is 0.740. The molecule has 1 aliphatic heterocycles. The highest BCUT2D eigenvalue weighted by molar-refractivity contribution is 5.34. The number of hydrogen-bond donors (Lipinski definition) is 1. The molecule has 2 aliphatic carbocycles. The highest BCUT2D eigenvalue weighted by Crippen LogP contribution is 2.44. The van der Waals surface area contributed by atoms with Gasteiger partial charge in [-0.25, -0.2) is 0 Å². The van der Waals surface area contributed by atoms with Crippen LogP contribution in [-0.2, 0) is 4.74 Å². The van der Waals surface area contributed by atoms with E-state index in [0.29, 0.717) is 18.1 Å². The van der Waals surface area contributed by atoms with Crippen molar-refractivity contribution in [3.8, 4) is 0 Å². The zero-order valence-electron chi connectivity index (χ0n) is 10.9. The molecule has 0 radical (unpaired) electrons. The van der Waals surface area contributed by atoms with Crippen LogP contribution < -0.4 is 5.32 Å². The lowest BCUT2D eigenvalue weighted by atomic mass is 9.65. The summed E-state index contributed by atoms with van der Waals surface area (Å²) in [6.07, 6.45) is 11.2. The van der Waals surface area contributed by atoms with E-state index in [2.05, 4.69) is 30.5 Å². The number of rotatable bonds is 2. The van der Waals surface area contributed by atoms with Crippen LogP contribution in [0.5, 0.6) is 0 Å². The molecular formula is C15H23NO. The molecule has 1 heterocycles. The summed E-state index contributed by atoms with van der Waals surface area (Å²) in [7, 11) is 1.82. The summed E-state index contributed by atoms with van der Waals surface area (Å²) in [5.74, 6) is 2.29. The van der Waals surface area contributed by atoms with Crippen LogP contribution in [0.15, 0.2) is 23.8 Å². The molecule has 2 nitrogen and oxygen atoms in total. The van der Waals surface area contributed by atoms with Gasteiger partial charge in [0.05, 0.1) is 6.10 Å². The molecule has 0 saturated carbocycles. The molecule has 0 aromatic carbocycles. The third-order valence-corrected chi connectivity index (χ3v) is 4.68. The van der Waals surface area contributed by atoms with Crippen LogP contribution in [0.4, 0.5) is 0 Å². The van der Waals surface area contributed by atoms with Crippen molar-refractivity contribution in [3.05, 3.63) is 23.8 Å². The van der Waals surface area contributed by atoms with E-state index >= 15 is 0 Å². The van der Waals surface area contributed by atoms with E-state index in [1.807, 2.05) is 7.11 Å². The van der Waals surface area contributed by atoms with Gasteiger partial charge in [0.2, 0.25) is 0 Å². The van der Waals surface area contributed by atoms with Crippen LogP contribution in [0, 0.1) is 17.8 Å². The Balaban J connectivity index is 1.65. The Hall–Kier alpha value is -0.600. The van der Waals surface area contributed by atoms with Crippen molar-refractivity contribution < 1.29 is 4.74 Å². The number of hydrogen-bond acceptors (Lipinski definition) is 2. The molecule has 0 spiro atoms. The average Bonchev–Trinajstić information content (AvgIpc) is 2.33. The van der Waals surface area contributed by atoms with Gasteiger partial charge in [-0.15, -0.1) is 0 Å². The van der Waals surface area contributed by atoms with Gasteiger partial charge in [0.15, 0.2) is 0 Å². The van der Waals surface area contributed by atoms with Gasteiger partial charge in [0.25, 0.3) is 0 Å². The molecular weight excluding hydrogens is 210 g/mol. The second kappa shape index (κ2) is 4.58. The lowest BCUT2D eigenvalue weighted by Crippen LogP contribution is -2.46. The maximum Gasteiger partial charge on any atom is 0.0758 e. The van der Waals surface area contributed by atoms with E-state index in [1.54, 1.807) is 5.57 Å². The fourth-order valence-electron chi connectivity index (χ4n) is 3.46. The number of piperidine rings is 1. The van der Waals surface area contributed by atoms with Gasteiger partial charge in [0, 0.05) is 19.1 Å². The molecule has 1 fully saturated rings. The molecule has 5 atom stereocenters. The maximum absolute atomic E-state index is 5.46. The summed E-state index contributed by atoms with van der Waals surface area (Å²) < 4.78 is 5.46. The predicted octanol–water partition coefficient (Wildman–Crippen LogP) is 2.52. The first kappa shape index (κ1) is 11.5. The molecule has 1 N–H and O–H groups in total. The molecule has 4 unspecified atom stereocenters. The zero-order valence-corrected chi connectivity index (χ0v) is 10.9. The lowest BCUT2D eigenvalue weighted by Gasteiger charge is -2.44. The second-order valence-corrected chi connectivity index (χ2v) is 5.89. The van der Waals surface area contributed by atoms with E-state index in [0.717, 1.165) is 11.8 Å². The van der Waals surface area contributed by atoms with Gasteiger partial charge in [-0.2, -0.15) is 0 Å². The van der Waals surface area contributed by atoms with Crippen molar-refractivity contribution >= 4 is 0 Å². The van der Waals surface area contributed by atoms with Crippen LogP contribution in [0.3, 0.4) is 0 Å². The van der Waals surface area contributed by atoms with Crippen LogP contribution in [0.1, 0.15) is 26.2 Å². The molecule has 0 bridgehead atoms. The van der Waals surface area contributed by atoms with E-state index < -0.39 is 0 Å². The first-order valence-corrected chi connectivity index (χ1v) is 6.94. The Kier molecular flexibility index (Phi) is 3.10. The van der Waals surface area contributed by atoms with Gasteiger partial charge in [-0.3, -0.25) is 0 Å². The molecule has 0 aromatic rings. The van der Waals surface area contributed by atoms with Gasteiger partial charge in [0.1, 0.15) is 0 Å². The highest BCUT2D eigenvalue weighted by atomic mass is 16.5. The minimum Gasteiger partial charge on any atom is -0.377 e. The van der Waals surface area contributed by atoms with Gasteiger partial charge in [-0.1, -0.05) is 30.7 Å². The average molecular weight is 233 g/mol. The SMILES string of the molecule is COC1C=C[C@H]2C=C(C3CCC(C)CN3)C2C1. The monoisotopic (exact) mass is 233 g/mol. The van der Waals surface area contributed by atoms with E-state index in [1.165, 1.54) is 25.8 Å². The van der Waals surface area contributed by atoms with Gasteiger partial charge >= 0.3 is 0 Å². The minimum atomic E-state index is 0.336. The van der Waals surface area contributed by atoms with Crippen molar-refractivity contribution in [2.24, 2.45) is 17.8 Å². The normalized spacial score (nSPS) is 44.8. The summed E-state index contributed by atoms with van der Waals surface area (Å²) in [5.41, 5.74) is 1.66. The molecule has 1 saturated heterocycles. The second-order valence-electron chi connectivity index (χ2n) is 5.89. The first-order chi connectivity index (χ1) is 8.28. The van der Waals surface area contributed by atoms with Crippen LogP contribution in [0.2, 0.25) is 0 Å². The summed E-state index contributed by atoms with van der Waals surface area (Å²) in [4.78, 5) is 0. The summed E-state index contributed by atoms with van der Waals surface area (Å²) in [6, 6.07) is 0.649. The Morgan fingerprint density at radius 2 is 2.18 bits per heavy atom. The zero-order chi connectivity index (χ0) is 11.8. The summed E-state index contributed by atoms with van der Waals surface area (Å²) in [5, 5.41) is 3.70. The van der Waals surface area contributed by atoms with Crippen LogP contribution >= 0.6 is 0 Å². The third kappa shape index (κ3) is 2.09. The molecule has 17 heavy (non-hydrogen) atoms. The smallest absolute Gasteiger partial charge is 0.0758 e. The number of fused-ring (bicyclic) bond motifs is 1. The molecule has 3 rings (SSSR count). The molecule has 3 aliphatic rings. The van der Waals surface area contributed by atoms with Crippen molar-refractivity contribution in [1.29, 1.82) is 0 Å². The topological polar surface area (TPSA) is 21.3 Å². The number of allylic oxidation sites excluding steroid dienone is 2. The van der Waals surface area contributed by atoms with E-state index in [-0.39, 0.29) is 0 Å². The van der Waals surface area contributed by atoms with Crippen LogP contribution in [-0.4, -0.2) is 25.8 Å². The number of ether oxygens (including phenoxy) is 1. The van der Waals surface area contributed by atoms with E-state index in [4.69, 9.17) is 4.74 Å². The fourth-order valence-corrected chi connectivity index (χ4v) is 3.46. The maximum atomic E-state index is 5.46. The first-order valence-electron chi connectivity index (χ1n) is 6.94. The number of nitrogens with one attached hydrogen (secondary N) is 1.